The molecule has 0 bridgehead atoms. The van der Waals surface area contributed by atoms with Gasteiger partial charge < -0.3 is 14.2 Å². The van der Waals surface area contributed by atoms with Gasteiger partial charge >= 0.3 is 17.9 Å². The second-order valence-corrected chi connectivity index (χ2v) is 20.9. The predicted octanol–water partition coefficient (Wildman–Crippen LogP) is 18.9. The van der Waals surface area contributed by atoms with Crippen molar-refractivity contribution in [3.63, 3.8) is 0 Å². The van der Waals surface area contributed by atoms with Crippen LogP contribution in [0.25, 0.3) is 0 Å². The Hall–Kier alpha value is -1.59. The fourth-order valence-electron chi connectivity index (χ4n) is 8.87. The van der Waals surface area contributed by atoms with Gasteiger partial charge in [-0.1, -0.05) is 285 Å². The molecule has 6 nitrogen and oxygen atoms in total. The van der Waals surface area contributed by atoms with Crippen molar-refractivity contribution < 1.29 is 28.6 Å². The highest BCUT2D eigenvalue weighted by atomic mass is 16.6. The molecule has 0 rings (SSSR count). The summed E-state index contributed by atoms with van der Waals surface area (Å²) in [6, 6.07) is 0. The van der Waals surface area contributed by atoms with Gasteiger partial charge in [0, 0.05) is 19.3 Å². The van der Waals surface area contributed by atoms with Crippen molar-refractivity contribution in [1.29, 1.82) is 0 Å². The molecule has 0 radical (unpaired) electrons. The number of hydrogen-bond donors (Lipinski definition) is 0. The van der Waals surface area contributed by atoms with Gasteiger partial charge in [0.1, 0.15) is 13.2 Å². The van der Waals surface area contributed by atoms with Gasteiger partial charge in [-0.15, -0.1) is 0 Å². The van der Waals surface area contributed by atoms with E-state index in [4.69, 9.17) is 14.2 Å². The molecule has 1 atom stereocenters. The second kappa shape index (κ2) is 50.8. The fraction of sp³-hybridized carbons (Fsp3) is 0.948. The molecule has 0 unspecified atom stereocenters. The largest absolute Gasteiger partial charge is 0.462 e. The summed E-state index contributed by atoms with van der Waals surface area (Å²) in [6.45, 7) is 11.4. The van der Waals surface area contributed by atoms with Crippen molar-refractivity contribution in [2.24, 2.45) is 11.8 Å². The van der Waals surface area contributed by atoms with Crippen molar-refractivity contribution in [3.8, 4) is 0 Å². The zero-order valence-corrected chi connectivity index (χ0v) is 43.9. The molecular formula is C58H112O6. The van der Waals surface area contributed by atoms with Crippen molar-refractivity contribution in [2.75, 3.05) is 13.2 Å². The van der Waals surface area contributed by atoms with Gasteiger partial charge in [-0.2, -0.15) is 0 Å². The van der Waals surface area contributed by atoms with Crippen LogP contribution in [0.3, 0.4) is 0 Å². The summed E-state index contributed by atoms with van der Waals surface area (Å²) in [7, 11) is 0. The van der Waals surface area contributed by atoms with E-state index in [1.165, 1.54) is 212 Å². The number of ether oxygens (including phenoxy) is 3. The lowest BCUT2D eigenvalue weighted by molar-refractivity contribution is -0.167. The molecule has 6 heteroatoms. The average molecular weight is 906 g/mol. The number of unbranched alkanes of at least 4 members (excludes halogenated alkanes) is 37. The Morgan fingerprint density at radius 2 is 0.516 bits per heavy atom. The van der Waals surface area contributed by atoms with Crippen LogP contribution < -0.4 is 0 Å². The molecule has 0 aromatic heterocycles. The van der Waals surface area contributed by atoms with E-state index < -0.39 is 6.10 Å². The highest BCUT2D eigenvalue weighted by Gasteiger charge is 2.19. The normalized spacial score (nSPS) is 12.0. The summed E-state index contributed by atoms with van der Waals surface area (Å²) in [4.78, 5) is 38.1. The SMILES string of the molecule is CCCCCCCCCCCCCC(=O)O[C@H](COC(=O)CCCCCCCCCCCCCCCCCC(C)C)COC(=O)CCCCCCCCCCCCCCCCC(C)C. The van der Waals surface area contributed by atoms with Gasteiger partial charge in [-0.05, 0) is 31.1 Å². The second-order valence-electron chi connectivity index (χ2n) is 20.9. The lowest BCUT2D eigenvalue weighted by Crippen LogP contribution is -2.30. The molecule has 0 aliphatic heterocycles. The van der Waals surface area contributed by atoms with Gasteiger partial charge in [-0.25, -0.2) is 0 Å². The summed E-state index contributed by atoms with van der Waals surface area (Å²) in [6.07, 6.45) is 53.8. The van der Waals surface area contributed by atoms with E-state index in [2.05, 4.69) is 34.6 Å². The quantitative estimate of drug-likeness (QED) is 0.0344. The predicted molar refractivity (Wildman–Crippen MR) is 275 cm³/mol. The summed E-state index contributed by atoms with van der Waals surface area (Å²) >= 11 is 0. The number of rotatable bonds is 52. The first kappa shape index (κ1) is 62.4. The van der Waals surface area contributed by atoms with E-state index >= 15 is 0 Å². The minimum absolute atomic E-state index is 0.0626. The molecular weight excluding hydrogens is 793 g/mol. The Labute approximate surface area is 399 Å². The Morgan fingerprint density at radius 3 is 0.766 bits per heavy atom. The summed E-state index contributed by atoms with van der Waals surface area (Å²) in [5.74, 6) is 0.854. The average Bonchev–Trinajstić information content (AvgIpc) is 3.27. The van der Waals surface area contributed by atoms with Crippen LogP contribution in [0, 0.1) is 11.8 Å². The van der Waals surface area contributed by atoms with Gasteiger partial charge in [0.2, 0.25) is 0 Å². The Kier molecular flexibility index (Phi) is 49.6. The Morgan fingerprint density at radius 1 is 0.297 bits per heavy atom. The molecule has 0 aliphatic rings. The highest BCUT2D eigenvalue weighted by Crippen LogP contribution is 2.18. The van der Waals surface area contributed by atoms with Crippen LogP contribution in [0.2, 0.25) is 0 Å². The van der Waals surface area contributed by atoms with Gasteiger partial charge in [0.15, 0.2) is 6.10 Å². The van der Waals surface area contributed by atoms with E-state index in [0.29, 0.717) is 19.3 Å². The molecule has 64 heavy (non-hydrogen) atoms. The molecule has 0 saturated heterocycles. The third-order valence-electron chi connectivity index (χ3n) is 13.2. The topological polar surface area (TPSA) is 78.9 Å². The lowest BCUT2D eigenvalue weighted by atomic mass is 10.0. The molecule has 0 aromatic rings. The van der Waals surface area contributed by atoms with Crippen LogP contribution in [0.5, 0.6) is 0 Å². The third-order valence-corrected chi connectivity index (χ3v) is 13.2. The smallest absolute Gasteiger partial charge is 0.306 e. The van der Waals surface area contributed by atoms with Crippen LogP contribution >= 0.6 is 0 Å². The van der Waals surface area contributed by atoms with Crippen LogP contribution in [-0.2, 0) is 28.6 Å². The zero-order valence-electron chi connectivity index (χ0n) is 43.9. The van der Waals surface area contributed by atoms with Crippen LogP contribution in [0.4, 0.5) is 0 Å². The fourth-order valence-corrected chi connectivity index (χ4v) is 8.87. The maximum Gasteiger partial charge on any atom is 0.306 e. The van der Waals surface area contributed by atoms with Crippen molar-refractivity contribution in [3.05, 3.63) is 0 Å². The summed E-state index contributed by atoms with van der Waals surface area (Å²) in [5.41, 5.74) is 0. The van der Waals surface area contributed by atoms with E-state index in [9.17, 15) is 14.4 Å². The number of esters is 3. The van der Waals surface area contributed by atoms with E-state index in [1.54, 1.807) is 0 Å². The number of carbonyl (C=O) groups excluding carboxylic acids is 3. The molecule has 0 aliphatic carbocycles. The standard InChI is InChI=1S/C58H112O6/c1-6-7-8-9-10-11-21-30-35-40-45-50-58(61)64-55(52-63-57(60)49-44-39-34-29-25-20-16-15-18-23-27-32-37-42-47-54(4)5)51-62-56(59)48-43-38-33-28-24-19-14-12-13-17-22-26-31-36-41-46-53(2)3/h53-55H,6-52H2,1-5H3/t55-/m1/s1. The third kappa shape index (κ3) is 51.4. The van der Waals surface area contributed by atoms with Crippen LogP contribution in [-0.4, -0.2) is 37.2 Å². The van der Waals surface area contributed by atoms with E-state index in [-0.39, 0.29) is 31.1 Å². The first-order chi connectivity index (χ1) is 31.2. The molecule has 0 N–H and O–H groups in total. The minimum atomic E-state index is -0.762. The van der Waals surface area contributed by atoms with Gasteiger partial charge in [0.25, 0.3) is 0 Å². The molecule has 0 heterocycles. The minimum Gasteiger partial charge on any atom is -0.462 e. The van der Waals surface area contributed by atoms with Crippen molar-refractivity contribution in [2.45, 2.75) is 330 Å². The first-order valence-corrected chi connectivity index (χ1v) is 28.7. The summed E-state index contributed by atoms with van der Waals surface area (Å²) < 4.78 is 16.9. The summed E-state index contributed by atoms with van der Waals surface area (Å²) in [5, 5.41) is 0. The first-order valence-electron chi connectivity index (χ1n) is 28.7. The lowest BCUT2D eigenvalue weighted by Gasteiger charge is -2.18. The van der Waals surface area contributed by atoms with Crippen LogP contribution in [0.1, 0.15) is 324 Å². The molecule has 0 saturated carbocycles. The van der Waals surface area contributed by atoms with E-state index in [1.807, 2.05) is 0 Å². The van der Waals surface area contributed by atoms with Gasteiger partial charge in [0.05, 0.1) is 0 Å². The number of carbonyl (C=O) groups is 3. The van der Waals surface area contributed by atoms with Crippen molar-refractivity contribution >= 4 is 17.9 Å². The maximum atomic E-state index is 12.8. The molecule has 0 aromatic carbocycles. The monoisotopic (exact) mass is 905 g/mol. The Balaban J connectivity index is 4.24. The van der Waals surface area contributed by atoms with Crippen LogP contribution in [0.15, 0.2) is 0 Å². The molecule has 0 amide bonds. The maximum absolute atomic E-state index is 12.8. The molecule has 380 valence electrons. The molecule has 0 spiro atoms. The van der Waals surface area contributed by atoms with E-state index in [0.717, 1.165) is 69.6 Å². The zero-order chi connectivity index (χ0) is 46.8. The number of hydrogen-bond acceptors (Lipinski definition) is 6. The van der Waals surface area contributed by atoms with Gasteiger partial charge in [-0.3, -0.25) is 14.4 Å². The highest BCUT2D eigenvalue weighted by molar-refractivity contribution is 5.71. The Bertz CT molecular complexity index is 978. The molecule has 0 fully saturated rings. The van der Waals surface area contributed by atoms with Crippen molar-refractivity contribution in [1.82, 2.24) is 0 Å².